The molecule has 0 saturated carbocycles. The Morgan fingerprint density at radius 1 is 1.24 bits per heavy atom. The number of nitrogens with zero attached hydrogens (tertiary/aromatic N) is 5. The van der Waals surface area contributed by atoms with E-state index in [1.54, 1.807) is 0 Å². The van der Waals surface area contributed by atoms with Crippen LogP contribution in [0.15, 0.2) is 24.7 Å². The number of ether oxygens (including phenoxy) is 1. The summed E-state index contributed by atoms with van der Waals surface area (Å²) in [4.78, 5) is 35.0. The van der Waals surface area contributed by atoms with Gasteiger partial charge in [0.1, 0.15) is 35.2 Å². The highest BCUT2D eigenvalue weighted by Crippen LogP contribution is 2.27. The highest BCUT2D eigenvalue weighted by Gasteiger charge is 2.20. The van der Waals surface area contributed by atoms with Crippen LogP contribution in [0.4, 0.5) is 23.0 Å². The number of nitrogens with one attached hydrogen (secondary N) is 2. The normalized spacial score (nSPS) is 11.8. The second kappa shape index (κ2) is 11.7. The molecule has 12 nitrogen and oxygen atoms in total. The van der Waals surface area contributed by atoms with Crippen molar-refractivity contribution in [3.8, 4) is 6.07 Å². The molecule has 0 fully saturated rings. The minimum Gasteiger partial charge on any atom is -0.460 e. The molecule has 2 aromatic rings. The molecule has 4 N–H and O–H groups in total. The van der Waals surface area contributed by atoms with Crippen LogP contribution in [-0.2, 0) is 9.53 Å². The van der Waals surface area contributed by atoms with E-state index in [1.165, 1.54) is 18.5 Å². The number of nitro groups is 1. The molecule has 2 aromatic heterocycles. The summed E-state index contributed by atoms with van der Waals surface area (Å²) in [7, 11) is 0. The maximum atomic E-state index is 12.0. The van der Waals surface area contributed by atoms with Crippen LogP contribution in [-0.4, -0.2) is 44.5 Å². The Kier molecular flexibility index (Phi) is 8.99. The van der Waals surface area contributed by atoms with E-state index >= 15 is 0 Å². The van der Waals surface area contributed by atoms with Gasteiger partial charge in [0, 0.05) is 19.0 Å². The van der Waals surface area contributed by atoms with E-state index in [4.69, 9.17) is 15.7 Å². The number of aromatic nitrogens is 3. The first-order chi connectivity index (χ1) is 15.6. The molecular weight excluding hydrogens is 428 g/mol. The number of esters is 1. The highest BCUT2D eigenvalue weighted by atomic mass is 16.6. The van der Waals surface area contributed by atoms with Gasteiger partial charge in [-0.05, 0) is 46.1 Å². The molecule has 0 spiro atoms. The van der Waals surface area contributed by atoms with Crippen molar-refractivity contribution in [1.82, 2.24) is 15.0 Å². The van der Waals surface area contributed by atoms with Crippen molar-refractivity contribution < 1.29 is 14.5 Å². The van der Waals surface area contributed by atoms with E-state index in [0.29, 0.717) is 37.6 Å². The number of nitriles is 1. The lowest BCUT2D eigenvalue weighted by Gasteiger charge is -2.21. The van der Waals surface area contributed by atoms with Crippen LogP contribution in [0, 0.1) is 27.4 Å². The molecule has 0 aliphatic carbocycles. The fraction of sp³-hybridized carbons (Fsp3) is 0.476. The number of pyridine rings is 1. The summed E-state index contributed by atoms with van der Waals surface area (Å²) in [6, 6.07) is 3.36. The average molecular weight is 457 g/mol. The van der Waals surface area contributed by atoms with Crippen LogP contribution in [0.1, 0.15) is 45.7 Å². The van der Waals surface area contributed by atoms with E-state index in [1.807, 2.05) is 26.8 Å². The SMILES string of the molecule is CC(C)(C)OC(=O)CCC(CCN)CNc1cc(Nc2cnc(C#N)cn2)ncc1[N+](=O)[O-]. The van der Waals surface area contributed by atoms with Gasteiger partial charge in [-0.25, -0.2) is 15.0 Å². The van der Waals surface area contributed by atoms with Crippen LogP contribution in [0.3, 0.4) is 0 Å². The third-order valence-corrected chi connectivity index (χ3v) is 4.43. The van der Waals surface area contributed by atoms with Gasteiger partial charge in [0.2, 0.25) is 0 Å². The van der Waals surface area contributed by atoms with E-state index in [2.05, 4.69) is 25.6 Å². The Balaban J connectivity index is 2.08. The average Bonchev–Trinajstić information content (AvgIpc) is 2.75. The van der Waals surface area contributed by atoms with Crippen molar-refractivity contribution in [3.63, 3.8) is 0 Å². The predicted octanol–water partition coefficient (Wildman–Crippen LogP) is 2.89. The standard InChI is InChI=1S/C21H28N8O4/c1-21(2,3)33-20(30)5-4-14(6-7-22)10-25-16-8-18(27-12-17(16)29(31)32)28-19-13-24-15(9-23)11-26-19/h8,11-14H,4-7,10,22H2,1-3H3,(H2,25,26,27,28). The van der Waals surface area contributed by atoms with Crippen LogP contribution in [0.25, 0.3) is 0 Å². The molecule has 0 aliphatic heterocycles. The molecule has 1 unspecified atom stereocenters. The van der Waals surface area contributed by atoms with Crippen molar-refractivity contribution in [2.45, 2.75) is 45.6 Å². The smallest absolute Gasteiger partial charge is 0.310 e. The summed E-state index contributed by atoms with van der Waals surface area (Å²) in [5.74, 6) is 0.358. The van der Waals surface area contributed by atoms with Crippen LogP contribution >= 0.6 is 0 Å². The van der Waals surface area contributed by atoms with Gasteiger partial charge in [-0.3, -0.25) is 14.9 Å². The lowest BCUT2D eigenvalue weighted by Crippen LogP contribution is -2.25. The number of hydrogen-bond acceptors (Lipinski definition) is 11. The first-order valence-corrected chi connectivity index (χ1v) is 10.4. The minimum absolute atomic E-state index is 0.0103. The van der Waals surface area contributed by atoms with Crippen LogP contribution in [0.2, 0.25) is 0 Å². The molecule has 12 heteroatoms. The van der Waals surface area contributed by atoms with E-state index < -0.39 is 10.5 Å². The van der Waals surface area contributed by atoms with Gasteiger partial charge in [0.25, 0.3) is 0 Å². The third-order valence-electron chi connectivity index (χ3n) is 4.43. The molecule has 0 saturated heterocycles. The first-order valence-electron chi connectivity index (χ1n) is 10.4. The summed E-state index contributed by atoms with van der Waals surface area (Å²) >= 11 is 0. The van der Waals surface area contributed by atoms with E-state index in [9.17, 15) is 14.9 Å². The van der Waals surface area contributed by atoms with Gasteiger partial charge in [0.15, 0.2) is 5.69 Å². The fourth-order valence-electron chi connectivity index (χ4n) is 2.94. The highest BCUT2D eigenvalue weighted by molar-refractivity contribution is 5.70. The lowest BCUT2D eigenvalue weighted by molar-refractivity contribution is -0.384. The molecule has 1 atom stereocenters. The summed E-state index contributed by atoms with van der Waals surface area (Å²) in [5, 5.41) is 26.2. The summed E-state index contributed by atoms with van der Waals surface area (Å²) in [6.07, 6.45) is 5.20. The topological polar surface area (TPSA) is 182 Å². The third kappa shape index (κ3) is 8.66. The van der Waals surface area contributed by atoms with Crippen molar-refractivity contribution in [1.29, 1.82) is 5.26 Å². The van der Waals surface area contributed by atoms with Gasteiger partial charge in [-0.1, -0.05) is 0 Å². The van der Waals surface area contributed by atoms with Crippen molar-refractivity contribution >= 4 is 29.0 Å². The summed E-state index contributed by atoms with van der Waals surface area (Å²) in [5.41, 5.74) is 5.39. The second-order valence-electron chi connectivity index (χ2n) is 8.32. The molecule has 0 aliphatic rings. The molecule has 0 radical (unpaired) electrons. The summed E-state index contributed by atoms with van der Waals surface area (Å²) < 4.78 is 5.34. The molecular formula is C21H28N8O4. The van der Waals surface area contributed by atoms with Crippen LogP contribution < -0.4 is 16.4 Å². The fourth-order valence-corrected chi connectivity index (χ4v) is 2.94. The zero-order valence-corrected chi connectivity index (χ0v) is 18.9. The molecule has 176 valence electrons. The largest absolute Gasteiger partial charge is 0.460 e. The Hall–Kier alpha value is -3.85. The Morgan fingerprint density at radius 2 is 1.97 bits per heavy atom. The maximum absolute atomic E-state index is 12.0. The van der Waals surface area contributed by atoms with Gasteiger partial charge < -0.3 is 21.1 Å². The van der Waals surface area contributed by atoms with Crippen molar-refractivity contribution in [2.75, 3.05) is 23.7 Å². The van der Waals surface area contributed by atoms with Gasteiger partial charge in [-0.15, -0.1) is 0 Å². The van der Waals surface area contributed by atoms with Crippen molar-refractivity contribution in [3.05, 3.63) is 40.5 Å². The number of anilines is 3. The lowest BCUT2D eigenvalue weighted by atomic mass is 9.99. The monoisotopic (exact) mass is 456 g/mol. The maximum Gasteiger partial charge on any atom is 0.310 e. The Morgan fingerprint density at radius 3 is 2.55 bits per heavy atom. The number of rotatable bonds is 11. The molecule has 2 heterocycles. The second-order valence-corrected chi connectivity index (χ2v) is 8.32. The first kappa shape index (κ1) is 25.4. The number of carbonyl (C=O) groups excluding carboxylic acids is 1. The van der Waals surface area contributed by atoms with E-state index in [0.717, 1.165) is 6.20 Å². The molecule has 0 bridgehead atoms. The zero-order valence-electron chi connectivity index (χ0n) is 18.9. The molecule has 2 rings (SSSR count). The number of carbonyl (C=O) groups is 1. The van der Waals surface area contributed by atoms with E-state index in [-0.39, 0.29) is 35.4 Å². The minimum atomic E-state index is -0.556. The van der Waals surface area contributed by atoms with Gasteiger partial charge >= 0.3 is 11.7 Å². The summed E-state index contributed by atoms with van der Waals surface area (Å²) in [6.45, 7) is 6.22. The Bertz CT molecular complexity index is 999. The molecule has 0 amide bonds. The molecule has 0 aromatic carbocycles. The van der Waals surface area contributed by atoms with Gasteiger partial charge in [-0.2, -0.15) is 5.26 Å². The number of nitrogens with two attached hydrogens (primary N) is 1. The predicted molar refractivity (Wildman–Crippen MR) is 122 cm³/mol. The van der Waals surface area contributed by atoms with Crippen LogP contribution in [0.5, 0.6) is 0 Å². The van der Waals surface area contributed by atoms with Crippen molar-refractivity contribution in [2.24, 2.45) is 11.7 Å². The van der Waals surface area contributed by atoms with Gasteiger partial charge in [0.05, 0.1) is 17.3 Å². The quantitative estimate of drug-likeness (QED) is 0.257. The Labute approximate surface area is 191 Å². The zero-order chi connectivity index (χ0) is 24.4. The number of hydrogen-bond donors (Lipinski definition) is 3. The molecule has 33 heavy (non-hydrogen) atoms.